The van der Waals surface area contributed by atoms with E-state index in [1.165, 1.54) is 18.2 Å². The highest BCUT2D eigenvalue weighted by Crippen LogP contribution is 2.30. The van der Waals surface area contributed by atoms with Crippen molar-refractivity contribution in [2.75, 3.05) is 17.2 Å². The number of ether oxygens (including phenoxy) is 1. The Kier molecular flexibility index (Phi) is 5.70. The number of carbonyl (C=O) groups is 2. The summed E-state index contributed by atoms with van der Waals surface area (Å²) in [6, 6.07) is 21.7. The second-order valence-corrected chi connectivity index (χ2v) is 8.49. The van der Waals surface area contributed by atoms with Gasteiger partial charge in [-0.15, -0.1) is 0 Å². The number of para-hydroxylation sites is 2. The smallest absolute Gasteiger partial charge is 0.338 e. The monoisotopic (exact) mass is 437 g/mol. The Hall–Kier alpha value is -3.69. The molecule has 1 aliphatic rings. The van der Waals surface area contributed by atoms with Gasteiger partial charge < -0.3 is 15.4 Å². The van der Waals surface area contributed by atoms with E-state index in [0.29, 0.717) is 16.9 Å². The van der Waals surface area contributed by atoms with Crippen molar-refractivity contribution >= 4 is 33.3 Å². The Morgan fingerprint density at radius 3 is 2.32 bits per heavy atom. The summed E-state index contributed by atoms with van der Waals surface area (Å²) in [4.78, 5) is 24.3. The zero-order valence-corrected chi connectivity index (χ0v) is 17.1. The van der Waals surface area contributed by atoms with Crippen LogP contribution >= 0.6 is 0 Å². The molecule has 0 aromatic heterocycles. The number of hydrogen-bond donors (Lipinski definition) is 3. The molecule has 1 atom stereocenters. The number of fused-ring (bicyclic) bond motifs is 1. The van der Waals surface area contributed by atoms with Crippen molar-refractivity contribution in [1.82, 2.24) is 4.72 Å². The van der Waals surface area contributed by atoms with Gasteiger partial charge in [0.15, 0.2) is 6.61 Å². The molecule has 9 heteroatoms. The molecule has 158 valence electrons. The van der Waals surface area contributed by atoms with Crippen LogP contribution in [0.2, 0.25) is 0 Å². The van der Waals surface area contributed by atoms with Crippen LogP contribution in [0.1, 0.15) is 22.1 Å². The number of amides is 1. The number of sulfonamides is 1. The Labute approximate surface area is 179 Å². The zero-order chi connectivity index (χ0) is 21.8. The highest BCUT2D eigenvalue weighted by molar-refractivity contribution is 7.89. The van der Waals surface area contributed by atoms with Crippen LogP contribution in [-0.4, -0.2) is 26.9 Å². The molecule has 31 heavy (non-hydrogen) atoms. The van der Waals surface area contributed by atoms with Crippen LogP contribution in [-0.2, 0) is 19.6 Å². The van der Waals surface area contributed by atoms with E-state index >= 15 is 0 Å². The maximum absolute atomic E-state index is 12.4. The standard InChI is InChI=1S/C22H19N3O5S/c26-20(23-17-6-2-1-3-7-17)14-30-22(27)16-12-10-15(11-13-16)21-24-18-8-4-5-9-19(18)31(28,29)25-21/h1-13,21,24-25H,14H2,(H,23,26)/t21-/m0/s1. The van der Waals surface area contributed by atoms with Crippen molar-refractivity contribution in [3.8, 4) is 0 Å². The molecule has 0 saturated carbocycles. The first-order chi connectivity index (χ1) is 14.9. The van der Waals surface area contributed by atoms with E-state index in [1.807, 2.05) is 6.07 Å². The summed E-state index contributed by atoms with van der Waals surface area (Å²) in [5.41, 5.74) is 1.97. The first-order valence-electron chi connectivity index (χ1n) is 9.42. The number of anilines is 2. The maximum atomic E-state index is 12.4. The highest BCUT2D eigenvalue weighted by atomic mass is 32.2. The van der Waals surface area contributed by atoms with Crippen LogP contribution in [0, 0.1) is 0 Å². The first-order valence-corrected chi connectivity index (χ1v) is 10.9. The molecule has 0 unspecified atom stereocenters. The molecule has 0 saturated heterocycles. The quantitative estimate of drug-likeness (QED) is 0.529. The van der Waals surface area contributed by atoms with E-state index in [9.17, 15) is 18.0 Å². The minimum Gasteiger partial charge on any atom is -0.452 e. The molecule has 0 bridgehead atoms. The van der Waals surface area contributed by atoms with Gasteiger partial charge in [-0.3, -0.25) is 4.79 Å². The molecule has 0 spiro atoms. The third-order valence-electron chi connectivity index (χ3n) is 4.62. The fraction of sp³-hybridized carbons (Fsp3) is 0.0909. The predicted molar refractivity (Wildman–Crippen MR) is 115 cm³/mol. The van der Waals surface area contributed by atoms with Crippen molar-refractivity contribution in [3.05, 3.63) is 90.0 Å². The summed E-state index contributed by atoms with van der Waals surface area (Å²) >= 11 is 0. The van der Waals surface area contributed by atoms with Gasteiger partial charge in [-0.25, -0.2) is 13.2 Å². The fourth-order valence-corrected chi connectivity index (χ4v) is 4.43. The molecule has 0 fully saturated rings. The molecule has 4 rings (SSSR count). The molecule has 3 N–H and O–H groups in total. The number of nitrogens with one attached hydrogen (secondary N) is 3. The van der Waals surface area contributed by atoms with E-state index in [-0.39, 0.29) is 10.5 Å². The van der Waals surface area contributed by atoms with Gasteiger partial charge in [0.2, 0.25) is 10.0 Å². The largest absolute Gasteiger partial charge is 0.452 e. The zero-order valence-electron chi connectivity index (χ0n) is 16.2. The SMILES string of the molecule is O=C(COC(=O)c1ccc([C@H]2Nc3ccccc3S(=O)(=O)N2)cc1)Nc1ccccc1. The highest BCUT2D eigenvalue weighted by Gasteiger charge is 2.29. The molecule has 8 nitrogen and oxygen atoms in total. The normalized spacial score (nSPS) is 16.5. The minimum atomic E-state index is -3.66. The summed E-state index contributed by atoms with van der Waals surface area (Å²) in [6.07, 6.45) is -0.679. The Bertz CT molecular complexity index is 1210. The number of rotatable bonds is 5. The molecule has 3 aromatic carbocycles. The van der Waals surface area contributed by atoms with E-state index in [2.05, 4.69) is 15.4 Å². The van der Waals surface area contributed by atoms with Crippen LogP contribution < -0.4 is 15.4 Å². The summed E-state index contributed by atoms with van der Waals surface area (Å²) in [7, 11) is -3.66. The number of carbonyl (C=O) groups excluding carboxylic acids is 2. The van der Waals surface area contributed by atoms with Crippen molar-refractivity contribution in [2.45, 2.75) is 11.1 Å². The van der Waals surface area contributed by atoms with E-state index in [4.69, 9.17) is 4.74 Å². The molecule has 1 heterocycles. The van der Waals surface area contributed by atoms with Gasteiger partial charge in [-0.2, -0.15) is 4.72 Å². The molecular formula is C22H19N3O5S. The summed E-state index contributed by atoms with van der Waals surface area (Å²) < 4.78 is 32.5. The lowest BCUT2D eigenvalue weighted by Gasteiger charge is -2.28. The molecular weight excluding hydrogens is 418 g/mol. The molecule has 0 aliphatic carbocycles. The summed E-state index contributed by atoms with van der Waals surface area (Å²) in [6.45, 7) is -0.420. The maximum Gasteiger partial charge on any atom is 0.338 e. The summed E-state index contributed by atoms with van der Waals surface area (Å²) in [5.74, 6) is -1.10. The topological polar surface area (TPSA) is 114 Å². The second-order valence-electron chi connectivity index (χ2n) is 6.81. The first kappa shape index (κ1) is 20.6. The van der Waals surface area contributed by atoms with Gasteiger partial charge in [0, 0.05) is 5.69 Å². The van der Waals surface area contributed by atoms with Crippen LogP contribution in [0.15, 0.2) is 83.8 Å². The van der Waals surface area contributed by atoms with E-state index < -0.39 is 34.7 Å². The van der Waals surface area contributed by atoms with Crippen LogP contribution in [0.5, 0.6) is 0 Å². The van der Waals surface area contributed by atoms with E-state index in [0.717, 1.165) is 0 Å². The molecule has 3 aromatic rings. The predicted octanol–water partition coefficient (Wildman–Crippen LogP) is 2.88. The Balaban J connectivity index is 1.38. The number of benzene rings is 3. The van der Waals surface area contributed by atoms with Crippen molar-refractivity contribution in [2.24, 2.45) is 0 Å². The van der Waals surface area contributed by atoms with Gasteiger partial charge in [-0.1, -0.05) is 42.5 Å². The van der Waals surface area contributed by atoms with Gasteiger partial charge in [0.05, 0.1) is 11.3 Å². The lowest BCUT2D eigenvalue weighted by Crippen LogP contribution is -2.38. The number of esters is 1. The van der Waals surface area contributed by atoms with Gasteiger partial charge in [-0.05, 0) is 42.0 Å². The minimum absolute atomic E-state index is 0.181. The van der Waals surface area contributed by atoms with Crippen molar-refractivity contribution in [1.29, 1.82) is 0 Å². The van der Waals surface area contributed by atoms with Crippen LogP contribution in [0.25, 0.3) is 0 Å². The van der Waals surface area contributed by atoms with Gasteiger partial charge in [0.1, 0.15) is 11.1 Å². The molecule has 1 amide bonds. The third kappa shape index (κ3) is 4.73. The van der Waals surface area contributed by atoms with Crippen molar-refractivity contribution < 1.29 is 22.7 Å². The van der Waals surface area contributed by atoms with Crippen molar-refractivity contribution in [3.63, 3.8) is 0 Å². The lowest BCUT2D eigenvalue weighted by atomic mass is 10.1. The summed E-state index contributed by atoms with van der Waals surface area (Å²) in [5, 5.41) is 5.75. The van der Waals surface area contributed by atoms with Gasteiger partial charge >= 0.3 is 5.97 Å². The van der Waals surface area contributed by atoms with E-state index in [1.54, 1.807) is 54.6 Å². The molecule has 1 aliphatic heterocycles. The van der Waals surface area contributed by atoms with Crippen LogP contribution in [0.3, 0.4) is 0 Å². The van der Waals surface area contributed by atoms with Gasteiger partial charge in [0.25, 0.3) is 5.91 Å². The average Bonchev–Trinajstić information content (AvgIpc) is 2.78. The third-order valence-corrected chi connectivity index (χ3v) is 6.10. The van der Waals surface area contributed by atoms with Crippen LogP contribution in [0.4, 0.5) is 11.4 Å². The fourth-order valence-electron chi connectivity index (χ4n) is 3.12. The second kappa shape index (κ2) is 8.58. The molecule has 0 radical (unpaired) electrons. The Morgan fingerprint density at radius 1 is 0.903 bits per heavy atom. The number of hydrogen-bond acceptors (Lipinski definition) is 6. The average molecular weight is 437 g/mol. The Morgan fingerprint density at radius 2 is 1.58 bits per heavy atom. The lowest BCUT2D eigenvalue weighted by molar-refractivity contribution is -0.119.